The zero-order valence-electron chi connectivity index (χ0n) is 12.8. The highest BCUT2D eigenvalue weighted by molar-refractivity contribution is 6.07. The van der Waals surface area contributed by atoms with Crippen molar-refractivity contribution >= 4 is 23.8 Å². The summed E-state index contributed by atoms with van der Waals surface area (Å²) in [6.45, 7) is 2.97. The second kappa shape index (κ2) is 6.07. The number of hydrogen-bond acceptors (Lipinski definition) is 4. The van der Waals surface area contributed by atoms with E-state index in [1.54, 1.807) is 26.0 Å². The maximum Gasteiger partial charge on any atom is 0.335 e. The lowest BCUT2D eigenvalue weighted by Crippen LogP contribution is -2.48. The van der Waals surface area contributed by atoms with Crippen molar-refractivity contribution in [1.29, 1.82) is 0 Å². The van der Waals surface area contributed by atoms with E-state index in [-0.39, 0.29) is 18.7 Å². The third-order valence-corrected chi connectivity index (χ3v) is 3.66. The first kappa shape index (κ1) is 16.5. The Bertz CT molecular complexity index is 683. The molecule has 1 aliphatic heterocycles. The normalized spacial score (nSPS) is 16.2. The molecular formula is C15H17N3O5. The Morgan fingerprint density at radius 3 is 2.57 bits per heavy atom. The fourth-order valence-electron chi connectivity index (χ4n) is 2.18. The molecule has 1 aromatic carbocycles. The van der Waals surface area contributed by atoms with Crippen molar-refractivity contribution in [3.05, 3.63) is 35.4 Å². The first-order valence-electron chi connectivity index (χ1n) is 6.94. The van der Waals surface area contributed by atoms with E-state index in [0.717, 1.165) is 4.90 Å². The van der Waals surface area contributed by atoms with Gasteiger partial charge in [0.05, 0.1) is 5.56 Å². The molecule has 1 aromatic rings. The molecule has 0 atom stereocenters. The zero-order chi connectivity index (χ0) is 17.2. The van der Waals surface area contributed by atoms with Crippen LogP contribution in [0.3, 0.4) is 0 Å². The summed E-state index contributed by atoms with van der Waals surface area (Å²) in [5.41, 5.74) is -0.334. The summed E-state index contributed by atoms with van der Waals surface area (Å²) in [5, 5.41) is 13.7. The minimum atomic E-state index is -1.09. The van der Waals surface area contributed by atoms with Crippen LogP contribution in [0.2, 0.25) is 0 Å². The van der Waals surface area contributed by atoms with E-state index in [1.165, 1.54) is 12.1 Å². The SMILES string of the molecule is CC1(C)C(=O)NC(=O)N1CC(=O)NCc1cccc(C(=O)O)c1. The summed E-state index contributed by atoms with van der Waals surface area (Å²) < 4.78 is 0. The third kappa shape index (κ3) is 3.47. The highest BCUT2D eigenvalue weighted by Gasteiger charge is 2.46. The van der Waals surface area contributed by atoms with Crippen molar-refractivity contribution in [3.8, 4) is 0 Å². The lowest BCUT2D eigenvalue weighted by Gasteiger charge is -2.27. The van der Waals surface area contributed by atoms with E-state index in [2.05, 4.69) is 10.6 Å². The molecule has 122 valence electrons. The van der Waals surface area contributed by atoms with Crippen LogP contribution in [0.25, 0.3) is 0 Å². The second-order valence-electron chi connectivity index (χ2n) is 5.69. The molecule has 0 radical (unpaired) electrons. The number of carbonyl (C=O) groups is 4. The summed E-state index contributed by atoms with van der Waals surface area (Å²) in [7, 11) is 0. The van der Waals surface area contributed by atoms with E-state index in [1.807, 2.05) is 0 Å². The van der Waals surface area contributed by atoms with Crippen LogP contribution in [-0.4, -0.2) is 45.9 Å². The van der Waals surface area contributed by atoms with Gasteiger partial charge in [-0.1, -0.05) is 12.1 Å². The topological polar surface area (TPSA) is 116 Å². The van der Waals surface area contributed by atoms with Gasteiger partial charge in [-0.05, 0) is 31.5 Å². The molecule has 0 aliphatic carbocycles. The van der Waals surface area contributed by atoms with Gasteiger partial charge in [0.2, 0.25) is 5.91 Å². The number of nitrogens with zero attached hydrogens (tertiary/aromatic N) is 1. The maximum atomic E-state index is 12.0. The Kier molecular flexibility index (Phi) is 4.35. The second-order valence-corrected chi connectivity index (χ2v) is 5.69. The summed E-state index contributed by atoms with van der Waals surface area (Å²) in [4.78, 5) is 47.3. The van der Waals surface area contributed by atoms with Crippen molar-refractivity contribution in [2.24, 2.45) is 0 Å². The monoisotopic (exact) mass is 319 g/mol. The molecule has 0 bridgehead atoms. The fraction of sp³-hybridized carbons (Fsp3) is 0.333. The number of amides is 4. The Morgan fingerprint density at radius 2 is 2.00 bits per heavy atom. The van der Waals surface area contributed by atoms with Crippen molar-refractivity contribution in [1.82, 2.24) is 15.5 Å². The lowest BCUT2D eigenvalue weighted by atomic mass is 10.0. The van der Waals surface area contributed by atoms with E-state index in [4.69, 9.17) is 5.11 Å². The molecule has 1 fully saturated rings. The van der Waals surface area contributed by atoms with Crippen LogP contribution in [0.1, 0.15) is 29.8 Å². The van der Waals surface area contributed by atoms with Gasteiger partial charge >= 0.3 is 12.0 Å². The number of hydrogen-bond donors (Lipinski definition) is 3. The minimum absolute atomic E-state index is 0.127. The maximum absolute atomic E-state index is 12.0. The van der Waals surface area contributed by atoms with Crippen molar-refractivity contribution in [2.75, 3.05) is 6.54 Å². The predicted octanol–water partition coefficient (Wildman–Crippen LogP) is 0.331. The number of imide groups is 1. The number of carboxylic acid groups (broad SMARTS) is 1. The predicted molar refractivity (Wildman–Crippen MR) is 79.6 cm³/mol. The number of aromatic carboxylic acids is 1. The average Bonchev–Trinajstić information content (AvgIpc) is 2.68. The van der Waals surface area contributed by atoms with Crippen LogP contribution in [0, 0.1) is 0 Å². The lowest BCUT2D eigenvalue weighted by molar-refractivity contribution is -0.127. The summed E-state index contributed by atoms with van der Waals surface area (Å²) in [6, 6.07) is 5.57. The third-order valence-electron chi connectivity index (χ3n) is 3.66. The van der Waals surface area contributed by atoms with Crippen molar-refractivity contribution < 1.29 is 24.3 Å². The molecule has 3 N–H and O–H groups in total. The number of nitrogens with one attached hydrogen (secondary N) is 2. The minimum Gasteiger partial charge on any atom is -0.478 e. The van der Waals surface area contributed by atoms with Crippen molar-refractivity contribution in [3.63, 3.8) is 0 Å². The molecule has 2 rings (SSSR count). The largest absolute Gasteiger partial charge is 0.478 e. The highest BCUT2D eigenvalue weighted by atomic mass is 16.4. The van der Waals surface area contributed by atoms with Crippen LogP contribution in [0.5, 0.6) is 0 Å². The van der Waals surface area contributed by atoms with Gasteiger partial charge in [-0.15, -0.1) is 0 Å². The molecule has 23 heavy (non-hydrogen) atoms. The Hall–Kier alpha value is -2.90. The molecule has 0 spiro atoms. The number of carbonyl (C=O) groups excluding carboxylic acids is 3. The molecule has 0 saturated carbocycles. The van der Waals surface area contributed by atoms with Crippen LogP contribution in [-0.2, 0) is 16.1 Å². The standard InChI is InChI=1S/C15H17N3O5/c1-15(2)13(22)17-14(23)18(15)8-11(19)16-7-9-4-3-5-10(6-9)12(20)21/h3-6H,7-8H2,1-2H3,(H,16,19)(H,20,21)(H,17,22,23). The smallest absolute Gasteiger partial charge is 0.335 e. The molecule has 0 unspecified atom stereocenters. The molecule has 1 aliphatic rings. The van der Waals surface area contributed by atoms with Gasteiger partial charge in [0.15, 0.2) is 0 Å². The van der Waals surface area contributed by atoms with E-state index in [0.29, 0.717) is 5.56 Å². The van der Waals surface area contributed by atoms with Crippen LogP contribution < -0.4 is 10.6 Å². The highest BCUT2D eigenvalue weighted by Crippen LogP contribution is 2.20. The van der Waals surface area contributed by atoms with Gasteiger partial charge in [-0.25, -0.2) is 9.59 Å². The molecular weight excluding hydrogens is 302 g/mol. The van der Waals surface area contributed by atoms with Crippen molar-refractivity contribution in [2.45, 2.75) is 25.9 Å². The van der Waals surface area contributed by atoms with E-state index in [9.17, 15) is 19.2 Å². The van der Waals surface area contributed by atoms with Gasteiger partial charge in [-0.2, -0.15) is 0 Å². The summed E-state index contributed by atoms with van der Waals surface area (Å²) in [6.07, 6.45) is 0. The van der Waals surface area contributed by atoms with Gasteiger partial charge in [-0.3, -0.25) is 14.9 Å². The van der Waals surface area contributed by atoms with E-state index >= 15 is 0 Å². The number of urea groups is 1. The molecule has 8 nitrogen and oxygen atoms in total. The van der Waals surface area contributed by atoms with Crippen LogP contribution >= 0.6 is 0 Å². The van der Waals surface area contributed by atoms with E-state index < -0.39 is 29.4 Å². The molecule has 4 amide bonds. The molecule has 8 heteroatoms. The van der Waals surface area contributed by atoms with Gasteiger partial charge in [0, 0.05) is 6.54 Å². The quantitative estimate of drug-likeness (QED) is 0.676. The molecule has 1 saturated heterocycles. The molecule has 1 heterocycles. The average molecular weight is 319 g/mol. The molecule has 0 aromatic heterocycles. The van der Waals surface area contributed by atoms with Gasteiger partial charge < -0.3 is 15.3 Å². The van der Waals surface area contributed by atoms with Gasteiger partial charge in [0.25, 0.3) is 5.91 Å². The number of rotatable bonds is 5. The number of carboxylic acids is 1. The Morgan fingerprint density at radius 1 is 1.30 bits per heavy atom. The summed E-state index contributed by atoms with van der Waals surface area (Å²) >= 11 is 0. The first-order chi connectivity index (χ1) is 10.7. The Balaban J connectivity index is 1.96. The Labute approximate surface area is 132 Å². The fourth-order valence-corrected chi connectivity index (χ4v) is 2.18. The summed E-state index contributed by atoms with van der Waals surface area (Å²) in [5.74, 6) is -1.94. The first-order valence-corrected chi connectivity index (χ1v) is 6.94. The van der Waals surface area contributed by atoms with Gasteiger partial charge in [0.1, 0.15) is 12.1 Å². The zero-order valence-corrected chi connectivity index (χ0v) is 12.8. The van der Waals surface area contributed by atoms with Crippen LogP contribution in [0.15, 0.2) is 24.3 Å². The van der Waals surface area contributed by atoms with Crippen LogP contribution in [0.4, 0.5) is 4.79 Å². The number of benzene rings is 1.